The highest BCUT2D eigenvalue weighted by atomic mass is 35.5. The van der Waals surface area contributed by atoms with E-state index in [0.29, 0.717) is 17.0 Å². The third-order valence-corrected chi connectivity index (χ3v) is 7.02. The average Bonchev–Trinajstić information content (AvgIpc) is 3.36. The van der Waals surface area contributed by atoms with Crippen LogP contribution in [0.15, 0.2) is 49.6 Å². The number of nitrogens with zero attached hydrogens (tertiary/aromatic N) is 1. The van der Waals surface area contributed by atoms with Gasteiger partial charge in [0, 0.05) is 23.7 Å². The van der Waals surface area contributed by atoms with Crippen LogP contribution in [0.2, 0.25) is 0 Å². The first-order chi connectivity index (χ1) is 16.3. The Labute approximate surface area is 207 Å². The minimum absolute atomic E-state index is 0.0454. The molecular formula is C25H28ClN3O6. The van der Waals surface area contributed by atoms with Crippen LogP contribution in [0.1, 0.15) is 45.3 Å². The molecule has 0 bridgehead atoms. The summed E-state index contributed by atoms with van der Waals surface area (Å²) in [7, 11) is 0. The molecule has 1 aliphatic heterocycles. The van der Waals surface area contributed by atoms with E-state index in [0.717, 1.165) is 5.76 Å². The number of carboxylic acid groups (broad SMARTS) is 1. The van der Waals surface area contributed by atoms with Crippen molar-refractivity contribution in [2.24, 2.45) is 11.3 Å². The van der Waals surface area contributed by atoms with Crippen LogP contribution in [0.4, 0.5) is 11.4 Å². The lowest BCUT2D eigenvalue weighted by atomic mass is 9.84. The topological polar surface area (TPSA) is 129 Å². The number of aliphatic carboxylic acids is 1. The molecule has 2 heterocycles. The van der Waals surface area contributed by atoms with Gasteiger partial charge in [0.2, 0.25) is 0 Å². The van der Waals surface area contributed by atoms with Crippen molar-refractivity contribution in [1.29, 1.82) is 0 Å². The Morgan fingerprint density at radius 3 is 2.43 bits per heavy atom. The Hall–Kier alpha value is -3.33. The maximum atomic E-state index is 13.1. The van der Waals surface area contributed by atoms with Gasteiger partial charge in [-0.25, -0.2) is 4.79 Å². The zero-order valence-corrected chi connectivity index (χ0v) is 20.9. The molecule has 35 heavy (non-hydrogen) atoms. The fourth-order valence-electron chi connectivity index (χ4n) is 4.51. The molecule has 1 aliphatic carbocycles. The smallest absolute Gasteiger partial charge is 0.326 e. The van der Waals surface area contributed by atoms with Gasteiger partial charge in [-0.3, -0.25) is 14.4 Å². The van der Waals surface area contributed by atoms with E-state index in [1.165, 1.54) is 11.8 Å². The van der Waals surface area contributed by atoms with Crippen LogP contribution >= 0.6 is 11.6 Å². The van der Waals surface area contributed by atoms with Gasteiger partial charge in [-0.05, 0) is 37.5 Å². The van der Waals surface area contributed by atoms with Crippen molar-refractivity contribution in [3.05, 3.63) is 67.5 Å². The zero-order valence-electron chi connectivity index (χ0n) is 20.1. The molecule has 1 aromatic heterocycles. The summed E-state index contributed by atoms with van der Waals surface area (Å²) in [4.78, 5) is 50.9. The highest BCUT2D eigenvalue weighted by molar-refractivity contribution is 6.23. The van der Waals surface area contributed by atoms with Crippen LogP contribution in [0.5, 0.6) is 0 Å². The first kappa shape index (κ1) is 24.8. The van der Waals surface area contributed by atoms with Crippen LogP contribution in [0.3, 0.4) is 0 Å². The summed E-state index contributed by atoms with van der Waals surface area (Å²) in [5.41, 5.74) is -0.953. The van der Waals surface area contributed by atoms with E-state index < -0.39 is 46.1 Å². The van der Waals surface area contributed by atoms with Gasteiger partial charge >= 0.3 is 5.97 Å². The molecule has 2 aromatic rings. The molecule has 1 amide bonds. The molecule has 9 nitrogen and oxygen atoms in total. The molecule has 1 fully saturated rings. The van der Waals surface area contributed by atoms with Gasteiger partial charge in [-0.1, -0.05) is 26.8 Å². The molecule has 4 rings (SSSR count). The Morgan fingerprint density at radius 2 is 1.86 bits per heavy atom. The lowest BCUT2D eigenvalue weighted by molar-refractivity contribution is -0.146. The second-order valence-electron chi connectivity index (χ2n) is 10.1. The number of alkyl halides is 1. The predicted molar refractivity (Wildman–Crippen MR) is 132 cm³/mol. The maximum Gasteiger partial charge on any atom is 0.326 e. The summed E-state index contributed by atoms with van der Waals surface area (Å²) in [6.45, 7) is 9.35. The van der Waals surface area contributed by atoms with Crippen molar-refractivity contribution < 1.29 is 19.1 Å². The van der Waals surface area contributed by atoms with Crippen molar-refractivity contribution in [3.63, 3.8) is 0 Å². The van der Waals surface area contributed by atoms with Crippen molar-refractivity contribution in [3.8, 4) is 0 Å². The first-order valence-electron chi connectivity index (χ1n) is 11.3. The van der Waals surface area contributed by atoms with Crippen LogP contribution in [-0.4, -0.2) is 39.8 Å². The Balaban J connectivity index is 1.68. The molecule has 1 aromatic carbocycles. The number of furan rings is 1. The van der Waals surface area contributed by atoms with E-state index in [2.05, 4.69) is 10.6 Å². The maximum absolute atomic E-state index is 13.1. The average molecular weight is 502 g/mol. The number of hydrogen-bond donors (Lipinski definition) is 3. The van der Waals surface area contributed by atoms with Crippen LogP contribution in [0.25, 0.3) is 0 Å². The molecule has 0 radical (unpaired) electrons. The second-order valence-corrected chi connectivity index (χ2v) is 10.6. The highest BCUT2D eigenvalue weighted by Crippen LogP contribution is 2.40. The minimum Gasteiger partial charge on any atom is -0.480 e. The lowest BCUT2D eigenvalue weighted by Crippen LogP contribution is -2.40. The fraction of sp³-hybridized carbons (Fsp3) is 0.440. The normalized spacial score (nSPS) is 21.9. The molecule has 186 valence electrons. The number of fused-ring (bicyclic) bond motifs is 1. The summed E-state index contributed by atoms with van der Waals surface area (Å²) in [5, 5.41) is 15.0. The van der Waals surface area contributed by atoms with Crippen LogP contribution in [-0.2, 0) is 9.59 Å². The van der Waals surface area contributed by atoms with Gasteiger partial charge in [0.25, 0.3) is 16.8 Å². The number of allylic oxidation sites excluding steroid dienone is 2. The molecule has 1 saturated heterocycles. The van der Waals surface area contributed by atoms with Gasteiger partial charge in [0.15, 0.2) is 0 Å². The number of carbonyl (C=O) groups is 2. The largest absolute Gasteiger partial charge is 0.480 e. The third-order valence-electron chi connectivity index (χ3n) is 6.57. The predicted octanol–water partition coefficient (Wildman–Crippen LogP) is 3.16. The lowest BCUT2D eigenvalue weighted by Gasteiger charge is -2.32. The zero-order chi connectivity index (χ0) is 25.8. The SMILES string of the molecule is Cc1ccc([C@H](Nc2c(NC3=C4C(=O)N([C@@H](C)C(=O)O)CC4C(Cl)C=C3)c(=O)c2=O)C(C)(C)C)o1. The number of anilines is 2. The molecular weight excluding hydrogens is 474 g/mol. The molecule has 3 N–H and O–H groups in total. The molecule has 2 unspecified atom stereocenters. The number of rotatable bonds is 7. The molecule has 2 aliphatic rings. The van der Waals surface area contributed by atoms with E-state index >= 15 is 0 Å². The monoisotopic (exact) mass is 501 g/mol. The third kappa shape index (κ3) is 4.29. The Morgan fingerprint density at radius 1 is 1.20 bits per heavy atom. The van der Waals surface area contributed by atoms with Gasteiger partial charge < -0.3 is 25.1 Å². The van der Waals surface area contributed by atoms with Gasteiger partial charge in [-0.15, -0.1) is 11.6 Å². The van der Waals surface area contributed by atoms with Crippen molar-refractivity contribution in [2.45, 2.75) is 52.1 Å². The van der Waals surface area contributed by atoms with Crippen molar-refractivity contribution in [1.82, 2.24) is 4.90 Å². The molecule has 10 heteroatoms. The summed E-state index contributed by atoms with van der Waals surface area (Å²) in [6.07, 6.45) is 3.27. The van der Waals surface area contributed by atoms with E-state index in [1.54, 1.807) is 12.2 Å². The standard InChI is InChI=1S/C25H28ClN3O6/c1-11-6-9-16(35-11)22(25(3,4)5)28-19-18(20(30)21(19)31)27-15-8-7-14(26)13-10-29(12(2)24(33)34)23(32)17(13)15/h6-9,12-14,22,27-28H,10H2,1-5H3,(H,33,34)/t12-,13?,14?,22-/m0/s1. The number of amides is 1. The number of likely N-dealkylation sites (tertiary alicyclic amines) is 1. The number of nitrogens with one attached hydrogen (secondary N) is 2. The minimum atomic E-state index is -1.12. The van der Waals surface area contributed by atoms with Crippen LogP contribution in [0, 0.1) is 18.3 Å². The number of hydrogen-bond acceptors (Lipinski definition) is 7. The first-order valence-corrected chi connectivity index (χ1v) is 11.8. The summed E-state index contributed by atoms with van der Waals surface area (Å²) in [5.74, 6) is -0.686. The van der Waals surface area contributed by atoms with Gasteiger partial charge in [-0.2, -0.15) is 0 Å². The molecule has 0 spiro atoms. The fourth-order valence-corrected chi connectivity index (χ4v) is 4.79. The summed E-state index contributed by atoms with van der Waals surface area (Å²) < 4.78 is 5.79. The van der Waals surface area contributed by atoms with E-state index in [4.69, 9.17) is 16.0 Å². The van der Waals surface area contributed by atoms with Crippen molar-refractivity contribution >= 4 is 34.9 Å². The second kappa shape index (κ2) is 8.71. The molecule has 4 atom stereocenters. The number of aryl methyl sites for hydroxylation is 1. The molecule has 0 saturated carbocycles. The quantitative estimate of drug-likeness (QED) is 0.390. The summed E-state index contributed by atoms with van der Waals surface area (Å²) in [6, 6.07) is 2.22. The number of carboxylic acids is 1. The highest BCUT2D eigenvalue weighted by Gasteiger charge is 2.45. The van der Waals surface area contributed by atoms with E-state index in [-0.39, 0.29) is 23.3 Å². The van der Waals surface area contributed by atoms with E-state index in [9.17, 15) is 24.3 Å². The van der Waals surface area contributed by atoms with Crippen LogP contribution < -0.4 is 21.5 Å². The Kier molecular flexibility index (Phi) is 6.17. The number of halogens is 1. The van der Waals surface area contributed by atoms with Gasteiger partial charge in [0.1, 0.15) is 28.9 Å². The summed E-state index contributed by atoms with van der Waals surface area (Å²) >= 11 is 6.42. The van der Waals surface area contributed by atoms with Crippen molar-refractivity contribution in [2.75, 3.05) is 17.2 Å². The van der Waals surface area contributed by atoms with E-state index in [1.807, 2.05) is 39.8 Å². The number of carbonyl (C=O) groups excluding carboxylic acids is 1. The van der Waals surface area contributed by atoms with Gasteiger partial charge in [0.05, 0.1) is 11.4 Å². The Bertz CT molecular complexity index is 1320.